The maximum atomic E-state index is 13.8. The summed E-state index contributed by atoms with van der Waals surface area (Å²) in [4.78, 5) is 70.4. The number of hydrogen-bond donors (Lipinski definition) is 5. The molecule has 19 nitrogen and oxygen atoms in total. The van der Waals surface area contributed by atoms with Crippen LogP contribution < -0.4 is 26.0 Å². The van der Waals surface area contributed by atoms with Crippen LogP contribution in [0.15, 0.2) is 53.4 Å². The molecule has 7 heterocycles. The van der Waals surface area contributed by atoms with Crippen molar-refractivity contribution in [3.05, 3.63) is 88.7 Å². The van der Waals surface area contributed by atoms with Gasteiger partial charge in [-0.1, -0.05) is 11.2 Å². The Morgan fingerprint density at radius 1 is 1.06 bits per heavy atom. The third kappa shape index (κ3) is 7.45. The minimum atomic E-state index is -0.682. The number of aromatic nitrogens is 8. The highest BCUT2D eigenvalue weighted by molar-refractivity contribution is 6.14. The molecule has 4 amide bonds. The van der Waals surface area contributed by atoms with Crippen molar-refractivity contribution in [3.8, 4) is 16.9 Å². The maximum absolute atomic E-state index is 13.8. The Hall–Kier alpha value is -7.57. The molecule has 0 radical (unpaired) electrons. The summed E-state index contributed by atoms with van der Waals surface area (Å²) in [5.41, 5.74) is 7.62. The lowest BCUT2D eigenvalue weighted by atomic mass is 10.0. The molecular formula is C45H47N13O6. The van der Waals surface area contributed by atoms with E-state index in [-0.39, 0.29) is 30.6 Å². The first-order valence-corrected chi connectivity index (χ1v) is 21.6. The number of carbonyl (C=O) groups excluding carboxylic acids is 4. The molecule has 3 aliphatic rings. The molecule has 64 heavy (non-hydrogen) atoms. The van der Waals surface area contributed by atoms with Crippen LogP contribution in [-0.4, -0.2) is 87.7 Å². The van der Waals surface area contributed by atoms with Gasteiger partial charge < -0.3 is 39.7 Å². The molecule has 2 aromatic carbocycles. The number of hydrogen-bond acceptors (Lipinski definition) is 13. The second kappa shape index (κ2) is 16.3. The zero-order chi connectivity index (χ0) is 44.2. The highest BCUT2D eigenvalue weighted by Crippen LogP contribution is 2.43. The fraction of sp³-hybridized carbons (Fsp3) is 0.356. The predicted octanol–water partition coefficient (Wildman–Crippen LogP) is 5.62. The summed E-state index contributed by atoms with van der Waals surface area (Å²) in [5.74, 6) is 1.60. The van der Waals surface area contributed by atoms with E-state index in [0.29, 0.717) is 78.9 Å². The smallest absolute Gasteiger partial charge is 0.289 e. The molecule has 7 aromatic rings. The summed E-state index contributed by atoms with van der Waals surface area (Å²) in [5, 5.41) is 22.8. The fourth-order valence-electron chi connectivity index (χ4n) is 8.83. The van der Waals surface area contributed by atoms with Gasteiger partial charge in [-0.15, -0.1) is 0 Å². The van der Waals surface area contributed by atoms with Crippen molar-refractivity contribution in [3.63, 3.8) is 0 Å². The van der Waals surface area contributed by atoms with E-state index in [4.69, 9.17) is 24.3 Å². The molecule has 2 fully saturated rings. The van der Waals surface area contributed by atoms with Crippen LogP contribution in [0.2, 0.25) is 0 Å². The molecule has 10 rings (SSSR count). The van der Waals surface area contributed by atoms with E-state index in [1.54, 1.807) is 19.5 Å². The van der Waals surface area contributed by atoms with Crippen molar-refractivity contribution < 1.29 is 28.4 Å². The Morgan fingerprint density at radius 2 is 1.92 bits per heavy atom. The third-order valence-electron chi connectivity index (χ3n) is 12.2. The fourth-order valence-corrected chi connectivity index (χ4v) is 8.83. The van der Waals surface area contributed by atoms with Gasteiger partial charge in [0.1, 0.15) is 34.8 Å². The van der Waals surface area contributed by atoms with Crippen molar-refractivity contribution in [1.82, 2.24) is 55.0 Å². The Labute approximate surface area is 366 Å². The van der Waals surface area contributed by atoms with E-state index >= 15 is 0 Å². The second-order valence-electron chi connectivity index (χ2n) is 16.5. The molecule has 1 atom stereocenters. The van der Waals surface area contributed by atoms with Gasteiger partial charge in [0.2, 0.25) is 17.6 Å². The number of imidazole rings is 1. The number of amides is 4. The van der Waals surface area contributed by atoms with Gasteiger partial charge in [-0.3, -0.25) is 24.5 Å². The number of ether oxygens (including phenoxy) is 1. The zero-order valence-electron chi connectivity index (χ0n) is 35.9. The monoisotopic (exact) mass is 865 g/mol. The molecule has 2 aliphatic heterocycles. The Morgan fingerprint density at radius 3 is 2.69 bits per heavy atom. The number of H-pyrrole nitrogens is 1. The highest BCUT2D eigenvalue weighted by Gasteiger charge is 2.40. The number of nitrogens with zero attached hydrogens (tertiary/aromatic N) is 8. The van der Waals surface area contributed by atoms with Crippen molar-refractivity contribution in [1.29, 1.82) is 0 Å². The van der Waals surface area contributed by atoms with Crippen molar-refractivity contribution in [2.24, 2.45) is 0 Å². The van der Waals surface area contributed by atoms with E-state index in [9.17, 15) is 19.2 Å². The van der Waals surface area contributed by atoms with E-state index < -0.39 is 17.9 Å². The number of methoxy groups -OCH3 is 1. The molecule has 1 saturated heterocycles. The van der Waals surface area contributed by atoms with E-state index in [1.807, 2.05) is 60.5 Å². The minimum absolute atomic E-state index is 0.00904. The van der Waals surface area contributed by atoms with Crippen LogP contribution in [0.25, 0.3) is 33.1 Å². The van der Waals surface area contributed by atoms with Crippen molar-refractivity contribution in [2.45, 2.75) is 91.0 Å². The molecule has 328 valence electrons. The van der Waals surface area contributed by atoms with Crippen LogP contribution in [-0.2, 0) is 35.8 Å². The molecule has 1 unspecified atom stereocenters. The largest absolute Gasteiger partial charge is 0.496 e. The van der Waals surface area contributed by atoms with Gasteiger partial charge >= 0.3 is 0 Å². The van der Waals surface area contributed by atoms with Crippen LogP contribution >= 0.6 is 0 Å². The van der Waals surface area contributed by atoms with E-state index in [0.717, 1.165) is 69.0 Å². The maximum Gasteiger partial charge on any atom is 0.289 e. The number of fused-ring (bicyclic) bond motifs is 4. The molecule has 1 aliphatic carbocycles. The zero-order valence-corrected chi connectivity index (χ0v) is 35.9. The molecular weight excluding hydrogens is 819 g/mol. The van der Waals surface area contributed by atoms with Crippen LogP contribution in [0.5, 0.6) is 5.75 Å². The topological polar surface area (TPSA) is 232 Å². The molecule has 0 spiro atoms. The molecule has 5 aromatic heterocycles. The summed E-state index contributed by atoms with van der Waals surface area (Å²) in [6, 6.07) is 10.8. The summed E-state index contributed by atoms with van der Waals surface area (Å²) in [6.07, 6.45) is 7.03. The number of imide groups is 1. The quantitative estimate of drug-likeness (QED) is 0.0623. The number of aromatic amines is 1. The van der Waals surface area contributed by atoms with Gasteiger partial charge in [0.15, 0.2) is 0 Å². The first kappa shape index (κ1) is 40.5. The average molecular weight is 866 g/mol. The minimum Gasteiger partial charge on any atom is -0.496 e. The first-order valence-electron chi connectivity index (χ1n) is 21.6. The van der Waals surface area contributed by atoms with Crippen LogP contribution in [0.1, 0.15) is 94.3 Å². The Balaban J connectivity index is 0.828. The number of nitrogens with one attached hydrogen (secondary N) is 5. The van der Waals surface area contributed by atoms with E-state index in [2.05, 4.69) is 42.5 Å². The number of rotatable bonds is 15. The summed E-state index contributed by atoms with van der Waals surface area (Å²) in [7, 11) is 1.63. The molecule has 19 heteroatoms. The standard InChI is InChI=1S/C45H47N13O6/c1-5-58-36(18-32(54-58)25-10-11-25)50-41-39-28-17-35(63-4)29(38-23(2)55-64-24(38)3)16-33(28)49-40(39)52-42(53-41)44(61)46-14-7-15-56-20-26(48-22-56)19-47-31-9-6-8-27-30(31)21-57(45(27)62)34-12-13-37(59)51-43(34)60/h6,8-9,16-18,20,22,25,34,47H,5,7,10-15,19,21H2,1-4H3,(H,46,61)(H,51,59,60)(H2,49,50,52,53). The van der Waals surface area contributed by atoms with Gasteiger partial charge in [0, 0.05) is 84.1 Å². The lowest BCUT2D eigenvalue weighted by Crippen LogP contribution is -2.52. The molecule has 5 N–H and O–H groups in total. The van der Waals surface area contributed by atoms with Crippen LogP contribution in [0, 0.1) is 13.8 Å². The SMILES string of the molecule is CCn1nc(C2CC2)cc1Nc1nc(C(=O)NCCCn2cnc(CNc3cccc4c3CN(C3CCC(=O)NC3=O)C4=O)c2)nc2[nH]c3cc(-c4c(C)noc4C)c(OC)cc3c12. The Kier molecular flexibility index (Phi) is 10.3. The molecule has 1 saturated carbocycles. The second-order valence-corrected chi connectivity index (χ2v) is 16.5. The van der Waals surface area contributed by atoms with Crippen LogP contribution in [0.4, 0.5) is 17.3 Å². The van der Waals surface area contributed by atoms with Crippen molar-refractivity contribution in [2.75, 3.05) is 24.3 Å². The van der Waals surface area contributed by atoms with Crippen molar-refractivity contribution >= 4 is 62.9 Å². The van der Waals surface area contributed by atoms with E-state index in [1.165, 1.54) is 4.90 Å². The number of carbonyl (C=O) groups is 4. The number of benzene rings is 2. The lowest BCUT2D eigenvalue weighted by Gasteiger charge is -2.29. The highest BCUT2D eigenvalue weighted by atomic mass is 16.5. The number of anilines is 3. The lowest BCUT2D eigenvalue weighted by molar-refractivity contribution is -0.136. The van der Waals surface area contributed by atoms with Gasteiger partial charge in [-0.25, -0.2) is 19.6 Å². The number of aryl methyl sites for hydroxylation is 4. The Bertz CT molecular complexity index is 2990. The predicted molar refractivity (Wildman–Crippen MR) is 235 cm³/mol. The first-order chi connectivity index (χ1) is 31.1. The van der Waals surface area contributed by atoms with Gasteiger partial charge in [-0.05, 0) is 70.7 Å². The van der Waals surface area contributed by atoms with Gasteiger partial charge in [-0.2, -0.15) is 5.10 Å². The average Bonchev–Trinajstić information content (AvgIpc) is 3.55. The van der Waals surface area contributed by atoms with Gasteiger partial charge in [0.05, 0.1) is 48.0 Å². The summed E-state index contributed by atoms with van der Waals surface area (Å²) >= 11 is 0. The summed E-state index contributed by atoms with van der Waals surface area (Å²) < 4.78 is 15.3. The number of piperidine rings is 1. The normalized spacial score (nSPS) is 16.2. The van der Waals surface area contributed by atoms with Gasteiger partial charge in [0.25, 0.3) is 11.8 Å². The summed E-state index contributed by atoms with van der Waals surface area (Å²) in [6.45, 7) is 8.09. The third-order valence-corrected chi connectivity index (χ3v) is 12.2. The molecule has 0 bridgehead atoms. The van der Waals surface area contributed by atoms with Crippen LogP contribution in [0.3, 0.4) is 0 Å².